The van der Waals surface area contributed by atoms with Crippen LogP contribution >= 0.6 is 12.2 Å². The van der Waals surface area contributed by atoms with E-state index in [1.54, 1.807) is 6.07 Å². The van der Waals surface area contributed by atoms with Crippen LogP contribution in [-0.4, -0.2) is 16.0 Å². The van der Waals surface area contributed by atoms with Crippen molar-refractivity contribution in [1.82, 2.24) is 10.3 Å². The number of oxazole rings is 1. The Morgan fingerprint density at radius 1 is 1.09 bits per heavy atom. The van der Waals surface area contributed by atoms with Crippen LogP contribution in [0.15, 0.2) is 71.1 Å². The second-order valence-electron chi connectivity index (χ2n) is 7.86. The maximum Gasteiger partial charge on any atom is 0.257 e. The number of fused-ring (bicyclic) bond motifs is 1. The van der Waals surface area contributed by atoms with Gasteiger partial charge in [0.2, 0.25) is 5.89 Å². The number of nitrogens with one attached hydrogen (secondary N) is 2. The first-order valence-corrected chi connectivity index (χ1v) is 11.0. The van der Waals surface area contributed by atoms with E-state index >= 15 is 0 Å². The first-order chi connectivity index (χ1) is 15.4. The fraction of sp³-hybridized carbons (Fsp3) is 0.192. The van der Waals surface area contributed by atoms with Gasteiger partial charge in [-0.25, -0.2) is 4.98 Å². The number of hydrogen-bond donors (Lipinski definition) is 2. The van der Waals surface area contributed by atoms with Gasteiger partial charge >= 0.3 is 0 Å². The number of amides is 1. The molecular weight excluding hydrogens is 418 g/mol. The molecule has 4 rings (SSSR count). The van der Waals surface area contributed by atoms with Gasteiger partial charge in [-0.1, -0.05) is 44.2 Å². The summed E-state index contributed by atoms with van der Waals surface area (Å²) in [6, 6.07) is 21.1. The molecule has 3 aromatic carbocycles. The molecule has 4 aromatic rings. The average Bonchev–Trinajstić information content (AvgIpc) is 3.22. The smallest absolute Gasteiger partial charge is 0.257 e. The summed E-state index contributed by atoms with van der Waals surface area (Å²) < 4.78 is 5.98. The highest BCUT2D eigenvalue weighted by molar-refractivity contribution is 7.80. The maximum absolute atomic E-state index is 12.5. The van der Waals surface area contributed by atoms with E-state index in [1.165, 1.54) is 5.56 Å². The number of aryl methyl sites for hydroxylation is 1. The number of carbonyl (C=O) groups is 1. The van der Waals surface area contributed by atoms with E-state index in [-0.39, 0.29) is 11.0 Å². The minimum Gasteiger partial charge on any atom is -0.436 e. The van der Waals surface area contributed by atoms with Gasteiger partial charge < -0.3 is 9.73 Å². The van der Waals surface area contributed by atoms with Crippen LogP contribution in [0, 0.1) is 6.92 Å². The highest BCUT2D eigenvalue weighted by atomic mass is 32.1. The van der Waals surface area contributed by atoms with E-state index in [2.05, 4.69) is 41.6 Å². The molecule has 1 aromatic heterocycles. The van der Waals surface area contributed by atoms with Crippen LogP contribution < -0.4 is 10.6 Å². The van der Waals surface area contributed by atoms with E-state index in [0.717, 1.165) is 34.3 Å². The van der Waals surface area contributed by atoms with Crippen molar-refractivity contribution in [3.8, 4) is 11.5 Å². The molecule has 0 saturated heterocycles. The van der Waals surface area contributed by atoms with Gasteiger partial charge in [0.1, 0.15) is 5.52 Å². The highest BCUT2D eigenvalue weighted by Gasteiger charge is 2.13. The number of nitrogens with zero attached hydrogens (tertiary/aromatic N) is 1. The van der Waals surface area contributed by atoms with Crippen LogP contribution in [0.4, 0.5) is 5.69 Å². The Morgan fingerprint density at radius 2 is 1.91 bits per heavy atom. The number of thiocarbonyl (C=S) groups is 1. The lowest BCUT2D eigenvalue weighted by Gasteiger charge is -2.11. The third kappa shape index (κ3) is 4.70. The van der Waals surface area contributed by atoms with Gasteiger partial charge in [-0.05, 0) is 79.0 Å². The Hall–Kier alpha value is -3.51. The Kier molecular flexibility index (Phi) is 6.32. The summed E-state index contributed by atoms with van der Waals surface area (Å²) in [5.41, 5.74) is 5.90. The fourth-order valence-electron chi connectivity index (χ4n) is 3.50. The highest BCUT2D eigenvalue weighted by Crippen LogP contribution is 2.29. The Balaban J connectivity index is 1.50. The maximum atomic E-state index is 12.5. The van der Waals surface area contributed by atoms with Crippen molar-refractivity contribution in [1.29, 1.82) is 0 Å². The predicted molar refractivity (Wildman–Crippen MR) is 133 cm³/mol. The van der Waals surface area contributed by atoms with Crippen LogP contribution in [0.3, 0.4) is 0 Å². The molecular formula is C26H25N3O2S. The van der Waals surface area contributed by atoms with E-state index < -0.39 is 0 Å². The van der Waals surface area contributed by atoms with Crippen molar-refractivity contribution in [3.63, 3.8) is 0 Å². The van der Waals surface area contributed by atoms with Crippen LogP contribution in [0.25, 0.3) is 22.6 Å². The molecule has 0 spiro atoms. The average molecular weight is 444 g/mol. The summed E-state index contributed by atoms with van der Waals surface area (Å²) >= 11 is 5.34. The van der Waals surface area contributed by atoms with Gasteiger partial charge in [0.15, 0.2) is 10.7 Å². The van der Waals surface area contributed by atoms with Crippen LogP contribution in [0.1, 0.15) is 47.7 Å². The summed E-state index contributed by atoms with van der Waals surface area (Å²) in [6.07, 6.45) is 1.07. The number of aromatic nitrogens is 1. The molecule has 0 saturated carbocycles. The van der Waals surface area contributed by atoms with Gasteiger partial charge in [0.05, 0.1) is 0 Å². The number of rotatable bonds is 5. The Morgan fingerprint density at radius 3 is 2.69 bits per heavy atom. The molecule has 0 fully saturated rings. The van der Waals surface area contributed by atoms with Crippen molar-refractivity contribution in [2.24, 2.45) is 0 Å². The molecule has 6 heteroatoms. The Labute approximate surface area is 192 Å². The predicted octanol–water partition coefficient (Wildman–Crippen LogP) is 6.44. The molecule has 1 atom stereocenters. The molecule has 162 valence electrons. The molecule has 0 bridgehead atoms. The van der Waals surface area contributed by atoms with Gasteiger partial charge in [-0.15, -0.1) is 0 Å². The fourth-order valence-corrected chi connectivity index (χ4v) is 3.71. The molecule has 1 heterocycles. The molecule has 0 aliphatic carbocycles. The van der Waals surface area contributed by atoms with Gasteiger partial charge in [0, 0.05) is 16.8 Å². The van der Waals surface area contributed by atoms with E-state index in [1.807, 2.05) is 55.5 Å². The van der Waals surface area contributed by atoms with Crippen molar-refractivity contribution < 1.29 is 9.21 Å². The third-order valence-corrected chi connectivity index (χ3v) is 5.78. The zero-order valence-electron chi connectivity index (χ0n) is 18.3. The van der Waals surface area contributed by atoms with Crippen molar-refractivity contribution in [2.75, 3.05) is 5.32 Å². The molecule has 1 amide bonds. The lowest BCUT2D eigenvalue weighted by Crippen LogP contribution is -2.34. The largest absolute Gasteiger partial charge is 0.436 e. The standard InChI is InChI=1S/C26H25N3O2S/c1-4-16(2)18-12-13-23-22(15-18)28-25(31-23)19-9-7-10-20(14-19)27-26(32)29-24(30)21-11-6-5-8-17(21)3/h5-16H,4H2,1-3H3,(H2,27,29,30,32)/t16-/m0/s1. The summed E-state index contributed by atoms with van der Waals surface area (Å²) in [5, 5.41) is 6.03. The zero-order chi connectivity index (χ0) is 22.7. The minimum absolute atomic E-state index is 0.228. The first-order valence-electron chi connectivity index (χ1n) is 10.6. The molecule has 32 heavy (non-hydrogen) atoms. The first kappa shape index (κ1) is 21.7. The topological polar surface area (TPSA) is 67.2 Å². The van der Waals surface area contributed by atoms with Crippen LogP contribution in [0.5, 0.6) is 0 Å². The monoisotopic (exact) mass is 443 g/mol. The van der Waals surface area contributed by atoms with E-state index in [4.69, 9.17) is 16.6 Å². The molecule has 5 nitrogen and oxygen atoms in total. The molecule has 0 radical (unpaired) electrons. The lowest BCUT2D eigenvalue weighted by atomic mass is 9.98. The molecule has 2 N–H and O–H groups in total. The third-order valence-electron chi connectivity index (χ3n) is 5.58. The number of hydrogen-bond acceptors (Lipinski definition) is 4. The van der Waals surface area contributed by atoms with Crippen LogP contribution in [-0.2, 0) is 0 Å². The van der Waals surface area contributed by atoms with E-state index in [0.29, 0.717) is 17.4 Å². The normalized spacial score (nSPS) is 11.8. The van der Waals surface area contributed by atoms with Gasteiger partial charge in [0.25, 0.3) is 5.91 Å². The second kappa shape index (κ2) is 9.32. The van der Waals surface area contributed by atoms with Crippen LogP contribution in [0.2, 0.25) is 0 Å². The van der Waals surface area contributed by atoms with Crippen molar-refractivity contribution >= 4 is 40.0 Å². The minimum atomic E-state index is -0.243. The molecule has 0 unspecified atom stereocenters. The Bertz CT molecular complexity index is 1300. The summed E-state index contributed by atoms with van der Waals surface area (Å²) in [6.45, 7) is 6.27. The summed E-state index contributed by atoms with van der Waals surface area (Å²) in [4.78, 5) is 17.2. The molecule has 0 aliphatic heterocycles. The van der Waals surface area contributed by atoms with E-state index in [9.17, 15) is 4.79 Å². The zero-order valence-corrected chi connectivity index (χ0v) is 19.1. The van der Waals surface area contributed by atoms with Crippen molar-refractivity contribution in [2.45, 2.75) is 33.1 Å². The second-order valence-corrected chi connectivity index (χ2v) is 8.27. The number of carbonyl (C=O) groups excluding carboxylic acids is 1. The molecule has 0 aliphatic rings. The van der Waals surface area contributed by atoms with Gasteiger partial charge in [-0.3, -0.25) is 10.1 Å². The summed E-state index contributed by atoms with van der Waals surface area (Å²) in [5.74, 6) is 0.774. The van der Waals surface area contributed by atoms with Crippen molar-refractivity contribution in [3.05, 3.63) is 83.4 Å². The quantitative estimate of drug-likeness (QED) is 0.347. The SMILES string of the molecule is CC[C@H](C)c1ccc2oc(-c3cccc(NC(=S)NC(=O)c4ccccc4C)c3)nc2c1. The number of anilines is 1. The number of benzene rings is 3. The van der Waals surface area contributed by atoms with Gasteiger partial charge in [-0.2, -0.15) is 0 Å². The summed E-state index contributed by atoms with van der Waals surface area (Å²) in [7, 11) is 0. The lowest BCUT2D eigenvalue weighted by molar-refractivity contribution is 0.0977.